The van der Waals surface area contributed by atoms with Crippen molar-refractivity contribution in [2.75, 3.05) is 54.0 Å². The van der Waals surface area contributed by atoms with E-state index in [1.54, 1.807) is 26.1 Å². The molecule has 1 aliphatic rings. The van der Waals surface area contributed by atoms with Crippen molar-refractivity contribution in [2.45, 2.75) is 25.7 Å². The third-order valence-corrected chi connectivity index (χ3v) is 3.97. The molecule has 1 saturated heterocycles. The molecule has 1 fully saturated rings. The van der Waals surface area contributed by atoms with Crippen LogP contribution in [0.15, 0.2) is 0 Å². The van der Waals surface area contributed by atoms with Crippen molar-refractivity contribution in [1.82, 2.24) is 15.1 Å². The van der Waals surface area contributed by atoms with E-state index in [0.29, 0.717) is 25.5 Å². The zero-order valence-electron chi connectivity index (χ0n) is 14.0. The van der Waals surface area contributed by atoms with Crippen molar-refractivity contribution in [3.8, 4) is 0 Å². The average molecular weight is 336 g/mol. The number of hydrogen-bond donors (Lipinski definition) is 1. The lowest BCUT2D eigenvalue weighted by Crippen LogP contribution is -2.42. The zero-order valence-corrected chi connectivity index (χ0v) is 14.8. The quantitative estimate of drug-likeness (QED) is 0.711. The molecule has 1 heterocycles. The second kappa shape index (κ2) is 11.7. The number of ether oxygens (including phenoxy) is 1. The number of carbonyl (C=O) groups is 2. The number of carbonyl (C=O) groups excluding carboxylic acids is 2. The first-order valence-corrected chi connectivity index (χ1v) is 7.72. The largest absolute Gasteiger partial charge is 0.383 e. The molecule has 7 heteroatoms. The van der Waals surface area contributed by atoms with E-state index in [1.165, 1.54) is 4.90 Å². The predicted molar refractivity (Wildman–Crippen MR) is 89.2 cm³/mol. The van der Waals surface area contributed by atoms with E-state index in [1.807, 2.05) is 0 Å². The highest BCUT2D eigenvalue weighted by molar-refractivity contribution is 5.85. The molecule has 0 radical (unpaired) electrons. The summed E-state index contributed by atoms with van der Waals surface area (Å²) >= 11 is 0. The molecule has 0 aliphatic carbocycles. The molecule has 0 spiro atoms. The Labute approximate surface area is 140 Å². The highest BCUT2D eigenvalue weighted by Crippen LogP contribution is 2.18. The van der Waals surface area contributed by atoms with Crippen LogP contribution in [0.5, 0.6) is 0 Å². The van der Waals surface area contributed by atoms with Crippen molar-refractivity contribution in [2.24, 2.45) is 5.92 Å². The van der Waals surface area contributed by atoms with Gasteiger partial charge in [0.15, 0.2) is 0 Å². The van der Waals surface area contributed by atoms with E-state index in [9.17, 15) is 9.59 Å². The molecule has 1 aliphatic heterocycles. The number of likely N-dealkylation sites (N-methyl/N-ethyl adjacent to an activating group) is 1. The molecule has 0 atom stereocenters. The summed E-state index contributed by atoms with van der Waals surface area (Å²) in [6, 6.07) is 0. The summed E-state index contributed by atoms with van der Waals surface area (Å²) in [4.78, 5) is 27.3. The Morgan fingerprint density at radius 1 is 1.18 bits per heavy atom. The molecule has 6 nitrogen and oxygen atoms in total. The molecule has 1 rings (SSSR count). The summed E-state index contributed by atoms with van der Waals surface area (Å²) in [5, 5.41) is 3.33. The van der Waals surface area contributed by atoms with Gasteiger partial charge in [-0.05, 0) is 38.3 Å². The standard InChI is InChI=1S/C15H29N3O3.ClH/c1-17(2)15(20)12-18(10-11-21-3)14(19)5-4-13-6-8-16-9-7-13;/h13,16H,4-12H2,1-3H3;1H. The molecule has 0 aromatic carbocycles. The van der Waals surface area contributed by atoms with E-state index >= 15 is 0 Å². The maximum Gasteiger partial charge on any atom is 0.241 e. The maximum absolute atomic E-state index is 12.3. The van der Waals surface area contributed by atoms with E-state index in [4.69, 9.17) is 4.74 Å². The van der Waals surface area contributed by atoms with Gasteiger partial charge in [0.05, 0.1) is 13.2 Å². The summed E-state index contributed by atoms with van der Waals surface area (Å²) < 4.78 is 5.03. The van der Waals surface area contributed by atoms with Crippen LogP contribution in [0.1, 0.15) is 25.7 Å². The van der Waals surface area contributed by atoms with Crippen LogP contribution in [-0.2, 0) is 14.3 Å². The Morgan fingerprint density at radius 3 is 2.36 bits per heavy atom. The zero-order chi connectivity index (χ0) is 15.7. The lowest BCUT2D eigenvalue weighted by atomic mass is 9.93. The minimum Gasteiger partial charge on any atom is -0.383 e. The van der Waals surface area contributed by atoms with Crippen molar-refractivity contribution < 1.29 is 14.3 Å². The number of hydrogen-bond acceptors (Lipinski definition) is 4. The average Bonchev–Trinajstić information content (AvgIpc) is 2.49. The first kappa shape index (κ1) is 21.1. The molecule has 0 aromatic rings. The van der Waals surface area contributed by atoms with Crippen molar-refractivity contribution in [3.63, 3.8) is 0 Å². The van der Waals surface area contributed by atoms with Crippen LogP contribution in [-0.4, -0.2) is 75.6 Å². The summed E-state index contributed by atoms with van der Waals surface area (Å²) in [5.41, 5.74) is 0. The van der Waals surface area contributed by atoms with Crippen LogP contribution in [0.3, 0.4) is 0 Å². The lowest BCUT2D eigenvalue weighted by molar-refractivity contribution is -0.139. The summed E-state index contributed by atoms with van der Waals surface area (Å²) in [5.74, 6) is 0.631. The number of methoxy groups -OCH3 is 1. The Kier molecular flexibility index (Phi) is 11.2. The fraction of sp³-hybridized carbons (Fsp3) is 0.867. The summed E-state index contributed by atoms with van der Waals surface area (Å²) in [7, 11) is 5.01. The van der Waals surface area contributed by atoms with E-state index in [-0.39, 0.29) is 30.8 Å². The Hall–Kier alpha value is -0.850. The van der Waals surface area contributed by atoms with Crippen LogP contribution >= 0.6 is 12.4 Å². The monoisotopic (exact) mass is 335 g/mol. The lowest BCUT2D eigenvalue weighted by Gasteiger charge is -2.26. The van der Waals surface area contributed by atoms with Crippen molar-refractivity contribution in [1.29, 1.82) is 0 Å². The Morgan fingerprint density at radius 2 is 1.82 bits per heavy atom. The molecular formula is C15H30ClN3O3. The predicted octanol–water partition coefficient (Wildman–Crippen LogP) is 0.751. The van der Waals surface area contributed by atoms with Crippen LogP contribution in [0.2, 0.25) is 0 Å². The second-order valence-corrected chi connectivity index (χ2v) is 5.83. The van der Waals surface area contributed by atoms with Gasteiger partial charge >= 0.3 is 0 Å². The molecule has 22 heavy (non-hydrogen) atoms. The van der Waals surface area contributed by atoms with Gasteiger partial charge in [-0.3, -0.25) is 9.59 Å². The smallest absolute Gasteiger partial charge is 0.241 e. The number of piperidine rings is 1. The van der Waals surface area contributed by atoms with Gasteiger partial charge in [-0.2, -0.15) is 0 Å². The van der Waals surface area contributed by atoms with Gasteiger partial charge in [-0.15, -0.1) is 12.4 Å². The SMILES string of the molecule is COCCN(CC(=O)N(C)C)C(=O)CCC1CCNCC1.Cl. The topological polar surface area (TPSA) is 61.9 Å². The fourth-order valence-electron chi connectivity index (χ4n) is 2.45. The summed E-state index contributed by atoms with van der Waals surface area (Å²) in [6.07, 6.45) is 3.72. The molecule has 0 aromatic heterocycles. The van der Waals surface area contributed by atoms with Gasteiger partial charge in [0.1, 0.15) is 0 Å². The van der Waals surface area contributed by atoms with Crippen molar-refractivity contribution >= 4 is 24.2 Å². The minimum absolute atomic E-state index is 0. The van der Waals surface area contributed by atoms with E-state index in [0.717, 1.165) is 32.4 Å². The third kappa shape index (κ3) is 7.96. The first-order valence-electron chi connectivity index (χ1n) is 7.72. The van der Waals surface area contributed by atoms with Crippen LogP contribution in [0.25, 0.3) is 0 Å². The highest BCUT2D eigenvalue weighted by Gasteiger charge is 2.20. The van der Waals surface area contributed by atoms with Gasteiger partial charge in [0.25, 0.3) is 0 Å². The van der Waals surface area contributed by atoms with Crippen LogP contribution in [0, 0.1) is 5.92 Å². The highest BCUT2D eigenvalue weighted by atomic mass is 35.5. The van der Waals surface area contributed by atoms with Gasteiger partial charge in [0.2, 0.25) is 11.8 Å². The van der Waals surface area contributed by atoms with Crippen LogP contribution in [0.4, 0.5) is 0 Å². The van der Waals surface area contributed by atoms with Crippen LogP contribution < -0.4 is 5.32 Å². The molecule has 1 N–H and O–H groups in total. The molecule has 0 saturated carbocycles. The van der Waals surface area contributed by atoms with E-state index < -0.39 is 0 Å². The molecular weight excluding hydrogens is 306 g/mol. The third-order valence-electron chi connectivity index (χ3n) is 3.97. The summed E-state index contributed by atoms with van der Waals surface area (Å²) in [6.45, 7) is 3.17. The molecule has 2 amide bonds. The van der Waals surface area contributed by atoms with Crippen molar-refractivity contribution in [3.05, 3.63) is 0 Å². The number of nitrogens with zero attached hydrogens (tertiary/aromatic N) is 2. The maximum atomic E-state index is 12.3. The minimum atomic E-state index is -0.0543. The Balaban J connectivity index is 0.00000441. The number of rotatable bonds is 8. The number of nitrogens with one attached hydrogen (secondary N) is 1. The van der Waals surface area contributed by atoms with Gasteiger partial charge in [0, 0.05) is 34.2 Å². The van der Waals surface area contributed by atoms with E-state index in [2.05, 4.69) is 5.32 Å². The van der Waals surface area contributed by atoms with Gasteiger partial charge in [-0.1, -0.05) is 0 Å². The number of amides is 2. The molecule has 0 unspecified atom stereocenters. The normalized spacial score (nSPS) is 15.0. The van der Waals surface area contributed by atoms with Gasteiger partial charge < -0.3 is 19.9 Å². The second-order valence-electron chi connectivity index (χ2n) is 5.83. The first-order chi connectivity index (χ1) is 10.0. The molecule has 0 bridgehead atoms. The molecule has 130 valence electrons. The Bertz CT molecular complexity index is 334. The number of halogens is 1. The fourth-order valence-corrected chi connectivity index (χ4v) is 2.45. The van der Waals surface area contributed by atoms with Gasteiger partial charge in [-0.25, -0.2) is 0 Å².